The maximum atomic E-state index is 11.2. The highest BCUT2D eigenvalue weighted by Crippen LogP contribution is 2.27. The lowest BCUT2D eigenvalue weighted by molar-refractivity contribution is 0.0515. The van der Waals surface area contributed by atoms with Gasteiger partial charge in [-0.15, -0.1) is 0 Å². The van der Waals surface area contributed by atoms with E-state index in [0.29, 0.717) is 0 Å². The molecule has 1 fully saturated rings. The van der Waals surface area contributed by atoms with Crippen molar-refractivity contribution in [2.75, 3.05) is 6.54 Å². The predicted octanol–water partition coefficient (Wildman–Crippen LogP) is 4.41. The number of rotatable bonds is 9. The van der Waals surface area contributed by atoms with Gasteiger partial charge in [-0.05, 0) is 36.0 Å². The van der Waals surface area contributed by atoms with E-state index in [9.17, 15) is 5.11 Å². The minimum atomic E-state index is -0.354. The van der Waals surface area contributed by atoms with E-state index >= 15 is 0 Å². The molecule has 3 atom stereocenters. The average Bonchev–Trinajstić information content (AvgIpc) is 3.17. The Bertz CT molecular complexity index is 869. The molecule has 3 nitrogen and oxygen atoms in total. The molecule has 3 heteroatoms. The Morgan fingerprint density at radius 2 is 1.30 bits per heavy atom. The van der Waals surface area contributed by atoms with Crippen molar-refractivity contribution in [1.82, 2.24) is 10.2 Å². The molecule has 0 saturated heterocycles. The average molecular weight is 401 g/mol. The molecule has 156 valence electrons. The number of hydrogen-bond acceptors (Lipinski definition) is 3. The van der Waals surface area contributed by atoms with Crippen molar-refractivity contribution in [3.8, 4) is 0 Å². The molecule has 0 aliphatic heterocycles. The molecule has 1 aliphatic carbocycles. The molecule has 0 spiro atoms. The molecule has 30 heavy (non-hydrogen) atoms. The molecule has 3 aromatic carbocycles. The quantitative estimate of drug-likeness (QED) is 0.558. The van der Waals surface area contributed by atoms with Crippen LogP contribution in [0, 0.1) is 0 Å². The van der Waals surface area contributed by atoms with E-state index in [1.807, 2.05) is 6.07 Å². The fraction of sp³-hybridized carbons (Fsp3) is 0.333. The Hall–Kier alpha value is -2.46. The second-order valence-corrected chi connectivity index (χ2v) is 8.30. The second kappa shape index (κ2) is 10.5. The Balaban J connectivity index is 1.41. The van der Waals surface area contributed by atoms with E-state index in [1.54, 1.807) is 0 Å². The lowest BCUT2D eigenvalue weighted by atomic mass is 10.1. The molecule has 2 N–H and O–H groups in total. The van der Waals surface area contributed by atoms with Crippen LogP contribution in [0.2, 0.25) is 0 Å². The maximum absolute atomic E-state index is 11.2. The standard InChI is InChI=1S/C27H32N2O/c30-27-25(28-20-23-12-6-2-7-13-23)16-17-26(27)29(21-24-14-8-3-9-15-24)19-18-22-10-4-1-5-11-22/h1-15,25-28,30H,16-21H2/t25-,26-,27-/m1/s1. The zero-order valence-corrected chi connectivity index (χ0v) is 17.5. The molecule has 0 heterocycles. The third kappa shape index (κ3) is 5.57. The van der Waals surface area contributed by atoms with Gasteiger partial charge in [-0.2, -0.15) is 0 Å². The van der Waals surface area contributed by atoms with E-state index in [4.69, 9.17) is 0 Å². The molecule has 3 aromatic rings. The van der Waals surface area contributed by atoms with Gasteiger partial charge in [0.25, 0.3) is 0 Å². The summed E-state index contributed by atoms with van der Waals surface area (Å²) in [5, 5.41) is 14.8. The van der Waals surface area contributed by atoms with Crippen LogP contribution >= 0.6 is 0 Å². The summed E-state index contributed by atoms with van der Waals surface area (Å²) in [6.07, 6.45) is 2.68. The van der Waals surface area contributed by atoms with Crippen LogP contribution in [0.1, 0.15) is 29.5 Å². The Kier molecular flexibility index (Phi) is 7.30. The summed E-state index contributed by atoms with van der Waals surface area (Å²) < 4.78 is 0. The zero-order valence-electron chi connectivity index (χ0n) is 17.5. The van der Waals surface area contributed by atoms with Crippen molar-refractivity contribution in [2.24, 2.45) is 0 Å². The van der Waals surface area contributed by atoms with Crippen LogP contribution in [-0.2, 0) is 19.5 Å². The highest BCUT2D eigenvalue weighted by Gasteiger charge is 2.37. The monoisotopic (exact) mass is 400 g/mol. The highest BCUT2D eigenvalue weighted by molar-refractivity contribution is 5.18. The van der Waals surface area contributed by atoms with E-state index in [2.05, 4.69) is 95.1 Å². The van der Waals surface area contributed by atoms with Gasteiger partial charge in [0.1, 0.15) is 0 Å². The van der Waals surface area contributed by atoms with Crippen molar-refractivity contribution in [3.05, 3.63) is 108 Å². The van der Waals surface area contributed by atoms with Gasteiger partial charge in [-0.25, -0.2) is 0 Å². The van der Waals surface area contributed by atoms with E-state index < -0.39 is 0 Å². The van der Waals surface area contributed by atoms with Crippen LogP contribution < -0.4 is 5.32 Å². The zero-order chi connectivity index (χ0) is 20.6. The minimum absolute atomic E-state index is 0.144. The topological polar surface area (TPSA) is 35.5 Å². The lowest BCUT2D eigenvalue weighted by Gasteiger charge is -2.32. The van der Waals surface area contributed by atoms with Crippen molar-refractivity contribution in [3.63, 3.8) is 0 Å². The first-order chi connectivity index (χ1) is 14.8. The van der Waals surface area contributed by atoms with Crippen molar-refractivity contribution < 1.29 is 5.11 Å². The van der Waals surface area contributed by atoms with Crippen molar-refractivity contribution >= 4 is 0 Å². The molecule has 1 saturated carbocycles. The maximum Gasteiger partial charge on any atom is 0.0848 e. The van der Waals surface area contributed by atoms with Gasteiger partial charge in [0.2, 0.25) is 0 Å². The summed E-state index contributed by atoms with van der Waals surface area (Å²) in [5.74, 6) is 0. The summed E-state index contributed by atoms with van der Waals surface area (Å²) in [7, 11) is 0. The largest absolute Gasteiger partial charge is 0.390 e. The first kappa shape index (κ1) is 20.8. The van der Waals surface area contributed by atoms with Crippen LogP contribution in [0.4, 0.5) is 0 Å². The van der Waals surface area contributed by atoms with Crippen LogP contribution in [0.15, 0.2) is 91.0 Å². The number of hydrogen-bond donors (Lipinski definition) is 2. The molecular formula is C27H32N2O. The molecule has 0 aromatic heterocycles. The third-order valence-electron chi connectivity index (χ3n) is 6.22. The van der Waals surface area contributed by atoms with Gasteiger partial charge in [0, 0.05) is 31.7 Å². The number of aliphatic hydroxyl groups is 1. The first-order valence-electron chi connectivity index (χ1n) is 11.1. The molecule has 0 unspecified atom stereocenters. The smallest absolute Gasteiger partial charge is 0.0848 e. The van der Waals surface area contributed by atoms with Gasteiger partial charge in [-0.1, -0.05) is 91.0 Å². The highest BCUT2D eigenvalue weighted by atomic mass is 16.3. The fourth-order valence-electron chi connectivity index (χ4n) is 4.52. The lowest BCUT2D eigenvalue weighted by Crippen LogP contribution is -2.47. The molecule has 1 aliphatic rings. The third-order valence-corrected chi connectivity index (χ3v) is 6.22. The van der Waals surface area contributed by atoms with Crippen LogP contribution in [0.25, 0.3) is 0 Å². The molecule has 0 amide bonds. The van der Waals surface area contributed by atoms with Crippen molar-refractivity contribution in [1.29, 1.82) is 0 Å². The number of benzene rings is 3. The normalized spacial score (nSPS) is 21.2. The Morgan fingerprint density at radius 1 is 0.733 bits per heavy atom. The van der Waals surface area contributed by atoms with E-state index in [1.165, 1.54) is 16.7 Å². The first-order valence-corrected chi connectivity index (χ1v) is 11.1. The van der Waals surface area contributed by atoms with Gasteiger partial charge < -0.3 is 10.4 Å². The van der Waals surface area contributed by atoms with Crippen molar-refractivity contribution in [2.45, 2.75) is 50.5 Å². The van der Waals surface area contributed by atoms with Crippen LogP contribution in [-0.4, -0.2) is 34.7 Å². The predicted molar refractivity (Wildman–Crippen MR) is 123 cm³/mol. The fourth-order valence-corrected chi connectivity index (χ4v) is 4.52. The van der Waals surface area contributed by atoms with E-state index in [0.717, 1.165) is 38.9 Å². The second-order valence-electron chi connectivity index (χ2n) is 8.30. The number of nitrogens with one attached hydrogen (secondary N) is 1. The van der Waals surface area contributed by atoms with Gasteiger partial charge in [0.15, 0.2) is 0 Å². The molecule has 0 radical (unpaired) electrons. The molecular weight excluding hydrogens is 368 g/mol. The summed E-state index contributed by atoms with van der Waals surface area (Å²) in [5.41, 5.74) is 3.92. The summed E-state index contributed by atoms with van der Waals surface area (Å²) in [6.45, 7) is 2.63. The van der Waals surface area contributed by atoms with Crippen LogP contribution in [0.5, 0.6) is 0 Å². The van der Waals surface area contributed by atoms with E-state index in [-0.39, 0.29) is 18.2 Å². The van der Waals surface area contributed by atoms with Gasteiger partial charge in [0.05, 0.1) is 6.10 Å². The SMILES string of the molecule is O[C@H]1[C@H](N(CCc2ccccc2)Cc2ccccc2)CC[C@H]1NCc1ccccc1. The Labute approximate surface area is 180 Å². The molecule has 4 rings (SSSR count). The van der Waals surface area contributed by atoms with Crippen LogP contribution in [0.3, 0.4) is 0 Å². The summed E-state index contributed by atoms with van der Waals surface area (Å²) in [6, 6.07) is 32.0. The van der Waals surface area contributed by atoms with Gasteiger partial charge >= 0.3 is 0 Å². The summed E-state index contributed by atoms with van der Waals surface area (Å²) >= 11 is 0. The number of aliphatic hydroxyl groups excluding tert-OH is 1. The summed E-state index contributed by atoms with van der Waals surface area (Å²) in [4.78, 5) is 2.48. The number of nitrogens with zero attached hydrogens (tertiary/aromatic N) is 1. The van der Waals surface area contributed by atoms with Gasteiger partial charge in [-0.3, -0.25) is 4.90 Å². The molecule has 0 bridgehead atoms. The minimum Gasteiger partial charge on any atom is -0.390 e. The Morgan fingerprint density at radius 3 is 1.93 bits per heavy atom.